The van der Waals surface area contributed by atoms with E-state index in [0.29, 0.717) is 6.61 Å². The van der Waals surface area contributed by atoms with Crippen molar-refractivity contribution in [3.8, 4) is 5.75 Å². The highest BCUT2D eigenvalue weighted by atomic mass is 35.5. The van der Waals surface area contributed by atoms with Gasteiger partial charge in [-0.3, -0.25) is 0 Å². The Morgan fingerprint density at radius 3 is 2.65 bits per heavy atom. The average molecular weight is 292 g/mol. The molecular formula is C15H18ClN3O. The van der Waals surface area contributed by atoms with Crippen molar-refractivity contribution in [1.29, 1.82) is 0 Å². The van der Waals surface area contributed by atoms with Gasteiger partial charge in [0.05, 0.1) is 6.61 Å². The van der Waals surface area contributed by atoms with E-state index in [1.165, 1.54) is 0 Å². The van der Waals surface area contributed by atoms with Crippen molar-refractivity contribution in [1.82, 2.24) is 9.97 Å². The first kappa shape index (κ1) is 14.6. The van der Waals surface area contributed by atoms with Crippen LogP contribution >= 0.6 is 11.6 Å². The molecular weight excluding hydrogens is 274 g/mol. The molecule has 0 saturated carbocycles. The maximum absolute atomic E-state index is 5.82. The molecule has 0 amide bonds. The zero-order valence-electron chi connectivity index (χ0n) is 11.7. The van der Waals surface area contributed by atoms with Crippen LogP contribution in [0.15, 0.2) is 36.7 Å². The van der Waals surface area contributed by atoms with Gasteiger partial charge in [-0.05, 0) is 37.6 Å². The molecule has 0 fully saturated rings. The Morgan fingerprint density at radius 2 is 1.95 bits per heavy atom. The van der Waals surface area contributed by atoms with Gasteiger partial charge in [0.15, 0.2) is 0 Å². The summed E-state index contributed by atoms with van der Waals surface area (Å²) >= 11 is 5.82. The molecule has 0 radical (unpaired) electrons. The second kappa shape index (κ2) is 7.10. The molecule has 1 aromatic carbocycles. The number of halogens is 1. The van der Waals surface area contributed by atoms with Gasteiger partial charge in [0.25, 0.3) is 0 Å². The van der Waals surface area contributed by atoms with Crippen LogP contribution in [0, 0.1) is 6.92 Å². The third-order valence-electron chi connectivity index (χ3n) is 2.90. The predicted octanol–water partition coefficient (Wildman–Crippen LogP) is 3.34. The number of hydrogen-bond acceptors (Lipinski definition) is 4. The number of anilines is 1. The second-order valence-electron chi connectivity index (χ2n) is 4.60. The fourth-order valence-corrected chi connectivity index (χ4v) is 1.91. The quantitative estimate of drug-likeness (QED) is 0.765. The Labute approximate surface area is 124 Å². The largest absolute Gasteiger partial charge is 0.494 e. The molecule has 0 aliphatic rings. The highest BCUT2D eigenvalue weighted by Gasteiger charge is 2.03. The zero-order valence-corrected chi connectivity index (χ0v) is 12.5. The minimum Gasteiger partial charge on any atom is -0.494 e. The highest BCUT2D eigenvalue weighted by Crippen LogP contribution is 2.15. The first-order chi connectivity index (χ1) is 9.65. The van der Waals surface area contributed by atoms with E-state index in [1.807, 2.05) is 44.3 Å². The molecule has 5 heteroatoms. The second-order valence-corrected chi connectivity index (χ2v) is 5.03. The molecule has 0 aliphatic heterocycles. The van der Waals surface area contributed by atoms with Crippen molar-refractivity contribution in [3.63, 3.8) is 0 Å². The van der Waals surface area contributed by atoms with Crippen LogP contribution in [0.3, 0.4) is 0 Å². The Balaban J connectivity index is 1.74. The maximum Gasteiger partial charge on any atom is 0.131 e. The van der Waals surface area contributed by atoms with E-state index >= 15 is 0 Å². The zero-order chi connectivity index (χ0) is 14.4. The lowest BCUT2D eigenvalue weighted by Gasteiger charge is -2.18. The molecule has 2 rings (SSSR count). The smallest absolute Gasteiger partial charge is 0.131 e. The van der Waals surface area contributed by atoms with Gasteiger partial charge in [0, 0.05) is 30.4 Å². The standard InChI is InChI=1S/C15H18ClN3O/c1-12-10-15(18-11-17-12)19(2)8-3-9-20-14-6-4-13(16)5-7-14/h4-7,10-11H,3,8-9H2,1-2H3. The average Bonchev–Trinajstić information content (AvgIpc) is 2.45. The Morgan fingerprint density at radius 1 is 1.20 bits per heavy atom. The van der Waals surface area contributed by atoms with Gasteiger partial charge in [-0.1, -0.05) is 11.6 Å². The fraction of sp³-hybridized carbons (Fsp3) is 0.333. The fourth-order valence-electron chi connectivity index (χ4n) is 1.79. The van der Waals surface area contributed by atoms with Gasteiger partial charge in [-0.2, -0.15) is 0 Å². The number of ether oxygens (including phenoxy) is 1. The van der Waals surface area contributed by atoms with Crippen molar-refractivity contribution in [2.75, 3.05) is 25.1 Å². The number of rotatable bonds is 6. The third kappa shape index (κ3) is 4.38. The molecule has 0 saturated heterocycles. The Hall–Kier alpha value is -1.81. The van der Waals surface area contributed by atoms with Gasteiger partial charge in [0.2, 0.25) is 0 Å². The summed E-state index contributed by atoms with van der Waals surface area (Å²) in [5.74, 6) is 1.78. The summed E-state index contributed by atoms with van der Waals surface area (Å²) < 4.78 is 5.65. The molecule has 1 aromatic heterocycles. The summed E-state index contributed by atoms with van der Waals surface area (Å²) in [5, 5.41) is 0.719. The van der Waals surface area contributed by atoms with Crippen LogP contribution in [-0.4, -0.2) is 30.2 Å². The third-order valence-corrected chi connectivity index (χ3v) is 3.15. The molecule has 4 nitrogen and oxygen atoms in total. The first-order valence-corrected chi connectivity index (χ1v) is 6.91. The molecule has 0 atom stereocenters. The van der Waals surface area contributed by atoms with Crippen molar-refractivity contribution in [2.45, 2.75) is 13.3 Å². The van der Waals surface area contributed by atoms with Crippen molar-refractivity contribution in [2.24, 2.45) is 0 Å². The molecule has 0 bridgehead atoms. The Kier molecular flexibility index (Phi) is 5.18. The van der Waals surface area contributed by atoms with Crippen molar-refractivity contribution in [3.05, 3.63) is 47.4 Å². The van der Waals surface area contributed by atoms with E-state index in [-0.39, 0.29) is 0 Å². The van der Waals surface area contributed by atoms with E-state index in [1.54, 1.807) is 6.33 Å². The van der Waals surface area contributed by atoms with Crippen molar-refractivity contribution >= 4 is 17.4 Å². The lowest BCUT2D eigenvalue weighted by Crippen LogP contribution is -2.21. The van der Waals surface area contributed by atoms with Crippen LogP contribution in [-0.2, 0) is 0 Å². The summed E-state index contributed by atoms with van der Waals surface area (Å²) in [6.45, 7) is 3.50. The molecule has 2 aromatic rings. The molecule has 20 heavy (non-hydrogen) atoms. The SMILES string of the molecule is Cc1cc(N(C)CCCOc2ccc(Cl)cc2)ncn1. The molecule has 0 N–H and O–H groups in total. The number of nitrogens with zero attached hydrogens (tertiary/aromatic N) is 3. The van der Waals surface area contributed by atoms with E-state index < -0.39 is 0 Å². The summed E-state index contributed by atoms with van der Waals surface area (Å²) in [6, 6.07) is 9.37. The first-order valence-electron chi connectivity index (χ1n) is 6.53. The predicted molar refractivity (Wildman–Crippen MR) is 81.6 cm³/mol. The molecule has 0 spiro atoms. The molecule has 0 aliphatic carbocycles. The monoisotopic (exact) mass is 291 g/mol. The molecule has 0 unspecified atom stereocenters. The maximum atomic E-state index is 5.82. The number of aromatic nitrogens is 2. The number of hydrogen-bond donors (Lipinski definition) is 0. The minimum atomic E-state index is 0.663. The highest BCUT2D eigenvalue weighted by molar-refractivity contribution is 6.30. The number of benzene rings is 1. The van der Waals surface area contributed by atoms with Crippen LogP contribution in [0.1, 0.15) is 12.1 Å². The van der Waals surface area contributed by atoms with Crippen molar-refractivity contribution < 1.29 is 4.74 Å². The molecule has 1 heterocycles. The van der Waals surface area contributed by atoms with Gasteiger partial charge < -0.3 is 9.64 Å². The lowest BCUT2D eigenvalue weighted by atomic mass is 10.3. The van der Waals surface area contributed by atoms with Crippen LogP contribution < -0.4 is 9.64 Å². The Bertz CT molecular complexity index is 545. The topological polar surface area (TPSA) is 38.2 Å². The van der Waals surface area contributed by atoms with Gasteiger partial charge >= 0.3 is 0 Å². The van der Waals surface area contributed by atoms with Crippen LogP contribution in [0.4, 0.5) is 5.82 Å². The summed E-state index contributed by atoms with van der Waals surface area (Å²) in [7, 11) is 2.02. The van der Waals surface area contributed by atoms with E-state index in [0.717, 1.165) is 35.2 Å². The minimum absolute atomic E-state index is 0.663. The normalized spacial score (nSPS) is 10.3. The lowest BCUT2D eigenvalue weighted by molar-refractivity contribution is 0.312. The van der Waals surface area contributed by atoms with E-state index in [9.17, 15) is 0 Å². The van der Waals surface area contributed by atoms with E-state index in [2.05, 4.69) is 14.9 Å². The van der Waals surface area contributed by atoms with Crippen LogP contribution in [0.25, 0.3) is 0 Å². The van der Waals surface area contributed by atoms with Gasteiger partial charge in [-0.15, -0.1) is 0 Å². The summed E-state index contributed by atoms with van der Waals surface area (Å²) in [5.41, 5.74) is 0.972. The molecule has 106 valence electrons. The van der Waals surface area contributed by atoms with Gasteiger partial charge in [0.1, 0.15) is 17.9 Å². The summed E-state index contributed by atoms with van der Waals surface area (Å²) in [4.78, 5) is 10.4. The van der Waals surface area contributed by atoms with E-state index in [4.69, 9.17) is 16.3 Å². The van der Waals surface area contributed by atoms with Gasteiger partial charge in [-0.25, -0.2) is 9.97 Å². The van der Waals surface area contributed by atoms with Crippen LogP contribution in [0.2, 0.25) is 5.02 Å². The number of aryl methyl sites for hydroxylation is 1. The summed E-state index contributed by atoms with van der Waals surface area (Å²) in [6.07, 6.45) is 2.51. The van der Waals surface area contributed by atoms with Crippen LogP contribution in [0.5, 0.6) is 5.75 Å².